The normalized spacial score (nSPS) is 14.4. The van der Waals surface area contributed by atoms with Gasteiger partial charge in [-0.15, -0.1) is 11.3 Å². The van der Waals surface area contributed by atoms with Crippen molar-refractivity contribution in [2.75, 3.05) is 0 Å². The molecule has 1 aromatic carbocycles. The highest BCUT2D eigenvalue weighted by Gasteiger charge is 2.41. The number of hydrogen-bond donors (Lipinski definition) is 1. The Labute approximate surface area is 189 Å². The monoisotopic (exact) mass is 469 g/mol. The summed E-state index contributed by atoms with van der Waals surface area (Å²) in [4.78, 5) is 25.8. The first-order valence-electron chi connectivity index (χ1n) is 9.87. The molecule has 0 unspecified atom stereocenters. The lowest BCUT2D eigenvalue weighted by molar-refractivity contribution is -0.0346. The molecule has 1 N–H and O–H groups in total. The van der Waals surface area contributed by atoms with Gasteiger partial charge in [-0.25, -0.2) is 33.2 Å². The Morgan fingerprint density at radius 3 is 2.82 bits per heavy atom. The van der Waals surface area contributed by atoms with Crippen molar-refractivity contribution in [3.63, 3.8) is 0 Å². The molecule has 168 valence electrons. The summed E-state index contributed by atoms with van der Waals surface area (Å²) in [6.07, 6.45) is 7.33. The van der Waals surface area contributed by atoms with Crippen molar-refractivity contribution in [2.24, 2.45) is 0 Å². The van der Waals surface area contributed by atoms with E-state index in [4.69, 9.17) is 0 Å². The number of thiazole rings is 1. The van der Waals surface area contributed by atoms with E-state index >= 15 is 0 Å². The van der Waals surface area contributed by atoms with Gasteiger partial charge in [0.2, 0.25) is 0 Å². The number of aromatic nitrogens is 7. The molecular formula is C21H17F2N7O2S. The molecule has 0 saturated carbocycles. The molecule has 9 nitrogen and oxygen atoms in total. The minimum Gasteiger partial charge on any atom is -0.381 e. The lowest BCUT2D eigenvalue weighted by atomic mass is 9.86. The smallest absolute Gasteiger partial charge is 0.334 e. The number of aliphatic hydroxyl groups is 1. The maximum absolute atomic E-state index is 14.8. The van der Waals surface area contributed by atoms with Crippen molar-refractivity contribution < 1.29 is 13.9 Å². The fourth-order valence-corrected chi connectivity index (χ4v) is 4.41. The molecule has 4 aromatic heterocycles. The molecule has 0 spiro atoms. The van der Waals surface area contributed by atoms with Crippen molar-refractivity contribution >= 4 is 17.0 Å². The molecule has 0 aliphatic carbocycles. The van der Waals surface area contributed by atoms with Gasteiger partial charge in [-0.2, -0.15) is 5.10 Å². The van der Waals surface area contributed by atoms with Gasteiger partial charge in [0.15, 0.2) is 0 Å². The van der Waals surface area contributed by atoms with Gasteiger partial charge in [-0.3, -0.25) is 8.97 Å². The molecule has 5 aromatic rings. The molecule has 2 atom stereocenters. The number of benzene rings is 1. The maximum Gasteiger partial charge on any atom is 0.334 e. The van der Waals surface area contributed by atoms with Crippen LogP contribution >= 0.6 is 11.3 Å². The zero-order valence-electron chi connectivity index (χ0n) is 17.2. The van der Waals surface area contributed by atoms with Gasteiger partial charge in [0.1, 0.15) is 46.2 Å². The maximum atomic E-state index is 14.8. The highest BCUT2D eigenvalue weighted by molar-refractivity contribution is 7.13. The van der Waals surface area contributed by atoms with Gasteiger partial charge in [-0.05, 0) is 19.1 Å². The van der Waals surface area contributed by atoms with E-state index in [1.807, 2.05) is 0 Å². The Kier molecular flexibility index (Phi) is 5.10. The van der Waals surface area contributed by atoms with Crippen molar-refractivity contribution in [2.45, 2.75) is 25.1 Å². The van der Waals surface area contributed by atoms with Crippen LogP contribution in [0.2, 0.25) is 0 Å². The Bertz CT molecular complexity index is 1480. The molecule has 12 heteroatoms. The molecule has 0 aliphatic rings. The molecule has 33 heavy (non-hydrogen) atoms. The standard InChI is InChI=1S/C21H17F2N7O2S/c1-13(21(32,10-28-12-24-11-26-28)15-3-2-14(22)8-16(15)23)29-6-4-18-27-17(9-30(18)20(29)31)19-25-5-7-33-19/h2-9,11-13,32H,10H2,1H3/t13-,21-/m1/s1. The van der Waals surface area contributed by atoms with Crippen molar-refractivity contribution in [1.29, 1.82) is 0 Å². The summed E-state index contributed by atoms with van der Waals surface area (Å²) in [5.41, 5.74) is -1.69. The molecule has 0 amide bonds. The first-order valence-corrected chi connectivity index (χ1v) is 10.8. The van der Waals surface area contributed by atoms with E-state index in [9.17, 15) is 18.7 Å². The fourth-order valence-electron chi connectivity index (χ4n) is 3.82. The minimum absolute atomic E-state index is 0.173. The van der Waals surface area contributed by atoms with Crippen molar-refractivity contribution in [1.82, 2.24) is 33.7 Å². The van der Waals surface area contributed by atoms with E-state index in [1.165, 1.54) is 49.9 Å². The number of fused-ring (bicyclic) bond motifs is 1. The highest BCUT2D eigenvalue weighted by atomic mass is 32.1. The van der Waals surface area contributed by atoms with Crippen LogP contribution in [-0.2, 0) is 12.1 Å². The van der Waals surface area contributed by atoms with Gasteiger partial charge in [0, 0.05) is 35.6 Å². The van der Waals surface area contributed by atoms with Gasteiger partial charge in [-0.1, -0.05) is 6.07 Å². The number of halogens is 2. The molecule has 0 fully saturated rings. The van der Waals surface area contributed by atoms with Crippen LogP contribution in [0, 0.1) is 11.6 Å². The Morgan fingerprint density at radius 2 is 2.12 bits per heavy atom. The van der Waals surface area contributed by atoms with E-state index in [0.29, 0.717) is 22.4 Å². The van der Waals surface area contributed by atoms with E-state index in [-0.39, 0.29) is 12.1 Å². The van der Waals surface area contributed by atoms with Crippen molar-refractivity contribution in [3.8, 4) is 10.7 Å². The summed E-state index contributed by atoms with van der Waals surface area (Å²) in [5, 5.41) is 18.2. The van der Waals surface area contributed by atoms with E-state index < -0.39 is 29.0 Å². The van der Waals surface area contributed by atoms with E-state index in [2.05, 4.69) is 20.1 Å². The zero-order valence-corrected chi connectivity index (χ0v) is 18.0. The molecular weight excluding hydrogens is 452 g/mol. The Balaban J connectivity index is 1.64. The number of imidazole rings is 1. The number of nitrogens with zero attached hydrogens (tertiary/aromatic N) is 7. The number of rotatable bonds is 6. The lowest BCUT2D eigenvalue weighted by Crippen LogP contribution is -2.44. The Hall–Kier alpha value is -3.77. The van der Waals surface area contributed by atoms with Crippen LogP contribution in [0.15, 0.2) is 65.7 Å². The first-order chi connectivity index (χ1) is 15.9. The second-order valence-electron chi connectivity index (χ2n) is 7.51. The minimum atomic E-state index is -1.97. The SMILES string of the molecule is C[C@@H](n1ccc2nc(-c3nccs3)cn2c1=O)[C@](O)(Cn1cncn1)c1ccc(F)cc1F. The third-order valence-electron chi connectivity index (χ3n) is 5.57. The summed E-state index contributed by atoms with van der Waals surface area (Å²) in [6.45, 7) is 1.35. The van der Waals surface area contributed by atoms with E-state index in [0.717, 1.165) is 6.07 Å². The lowest BCUT2D eigenvalue weighted by Gasteiger charge is -2.35. The van der Waals surface area contributed by atoms with Crippen LogP contribution in [0.3, 0.4) is 0 Å². The molecule has 0 bridgehead atoms. The molecule has 5 rings (SSSR count). The molecule has 4 heterocycles. The summed E-state index contributed by atoms with van der Waals surface area (Å²) in [6, 6.07) is 3.55. The Morgan fingerprint density at radius 1 is 1.27 bits per heavy atom. The quantitative estimate of drug-likeness (QED) is 0.410. The summed E-state index contributed by atoms with van der Waals surface area (Å²) < 4.78 is 32.3. The second-order valence-corrected chi connectivity index (χ2v) is 8.41. The molecule has 0 radical (unpaired) electrons. The predicted molar refractivity (Wildman–Crippen MR) is 116 cm³/mol. The van der Waals surface area contributed by atoms with Gasteiger partial charge in [0.05, 0.1) is 12.6 Å². The summed E-state index contributed by atoms with van der Waals surface area (Å²) >= 11 is 1.39. The van der Waals surface area contributed by atoms with Gasteiger partial charge < -0.3 is 5.11 Å². The summed E-state index contributed by atoms with van der Waals surface area (Å²) in [5.74, 6) is -1.72. The van der Waals surface area contributed by atoms with Gasteiger partial charge >= 0.3 is 5.69 Å². The van der Waals surface area contributed by atoms with Crippen LogP contribution in [0.5, 0.6) is 0 Å². The third kappa shape index (κ3) is 3.62. The molecule has 0 saturated heterocycles. The largest absolute Gasteiger partial charge is 0.381 e. The van der Waals surface area contributed by atoms with E-state index in [1.54, 1.807) is 30.8 Å². The van der Waals surface area contributed by atoms with Crippen molar-refractivity contribution in [3.05, 3.63) is 88.6 Å². The average Bonchev–Trinajstić information content (AvgIpc) is 3.54. The topological polar surface area (TPSA) is 103 Å². The number of hydrogen-bond acceptors (Lipinski definition) is 7. The highest BCUT2D eigenvalue weighted by Crippen LogP contribution is 2.36. The van der Waals surface area contributed by atoms with Crippen LogP contribution in [0.25, 0.3) is 16.3 Å². The van der Waals surface area contributed by atoms with Crippen LogP contribution in [0.4, 0.5) is 8.78 Å². The first kappa shape index (κ1) is 21.1. The predicted octanol–water partition coefficient (Wildman–Crippen LogP) is 2.64. The molecule has 0 aliphatic heterocycles. The third-order valence-corrected chi connectivity index (χ3v) is 6.37. The summed E-state index contributed by atoms with van der Waals surface area (Å²) in [7, 11) is 0. The van der Waals surface area contributed by atoms with Gasteiger partial charge in [0.25, 0.3) is 0 Å². The van der Waals surface area contributed by atoms with Crippen LogP contribution in [0.1, 0.15) is 18.5 Å². The fraction of sp³-hybridized carbons (Fsp3) is 0.190. The average molecular weight is 469 g/mol. The second kappa shape index (κ2) is 7.98. The van der Waals surface area contributed by atoms with Crippen LogP contribution in [-0.4, -0.2) is 38.8 Å². The van der Waals surface area contributed by atoms with Crippen LogP contribution < -0.4 is 5.69 Å². The zero-order chi connectivity index (χ0) is 23.2.